The van der Waals surface area contributed by atoms with E-state index in [0.717, 1.165) is 31.3 Å². The van der Waals surface area contributed by atoms with E-state index in [4.69, 9.17) is 4.74 Å². The van der Waals surface area contributed by atoms with Gasteiger partial charge in [0.1, 0.15) is 0 Å². The predicted molar refractivity (Wildman–Crippen MR) is 80.3 cm³/mol. The third-order valence-electron chi connectivity index (χ3n) is 4.34. The van der Waals surface area contributed by atoms with E-state index < -0.39 is 0 Å². The number of esters is 1. The molecule has 0 heterocycles. The number of unbranched alkanes of at least 4 members (excludes halogenated alkanes) is 1. The van der Waals surface area contributed by atoms with Gasteiger partial charge in [0, 0.05) is 6.42 Å². The lowest BCUT2D eigenvalue weighted by molar-refractivity contribution is -0.149. The van der Waals surface area contributed by atoms with Crippen molar-refractivity contribution in [3.8, 4) is 0 Å². The summed E-state index contributed by atoms with van der Waals surface area (Å²) in [4.78, 5) is 24.1. The van der Waals surface area contributed by atoms with Crippen molar-refractivity contribution < 1.29 is 14.3 Å². The molecule has 0 aromatic heterocycles. The maximum absolute atomic E-state index is 12.2. The van der Waals surface area contributed by atoms with Gasteiger partial charge in [-0.25, -0.2) is 0 Å². The first-order valence-corrected chi connectivity index (χ1v) is 7.92. The Labute approximate surface area is 122 Å². The lowest BCUT2D eigenvalue weighted by Crippen LogP contribution is -2.36. The van der Waals surface area contributed by atoms with E-state index >= 15 is 0 Å². The summed E-state index contributed by atoms with van der Waals surface area (Å²) in [6, 6.07) is 0. The third kappa shape index (κ3) is 4.19. The highest BCUT2D eigenvalue weighted by Crippen LogP contribution is 2.38. The monoisotopic (exact) mass is 280 g/mol. The number of hydrogen-bond donors (Lipinski definition) is 0. The molecule has 0 unspecified atom stereocenters. The summed E-state index contributed by atoms with van der Waals surface area (Å²) in [6.45, 7) is 8.44. The van der Waals surface area contributed by atoms with Gasteiger partial charge < -0.3 is 4.74 Å². The van der Waals surface area contributed by atoms with Crippen LogP contribution >= 0.6 is 0 Å². The highest BCUT2D eigenvalue weighted by Gasteiger charge is 2.39. The van der Waals surface area contributed by atoms with Crippen molar-refractivity contribution in [2.45, 2.75) is 59.8 Å². The Morgan fingerprint density at radius 2 is 2.10 bits per heavy atom. The number of hydrogen-bond acceptors (Lipinski definition) is 3. The summed E-state index contributed by atoms with van der Waals surface area (Å²) in [7, 11) is 0. The number of carbonyl (C=O) groups excluding carboxylic acids is 2. The molecule has 0 aliphatic heterocycles. The van der Waals surface area contributed by atoms with E-state index in [-0.39, 0.29) is 23.6 Å². The molecule has 0 saturated heterocycles. The molecule has 3 heteroatoms. The Bertz CT molecular complexity index is 370. The summed E-state index contributed by atoms with van der Waals surface area (Å²) < 4.78 is 5.23. The van der Waals surface area contributed by atoms with Gasteiger partial charge in [-0.1, -0.05) is 45.1 Å². The molecule has 0 aromatic carbocycles. The van der Waals surface area contributed by atoms with Crippen LogP contribution in [0.2, 0.25) is 0 Å². The van der Waals surface area contributed by atoms with Crippen LogP contribution in [0.3, 0.4) is 0 Å². The fourth-order valence-corrected chi connectivity index (χ4v) is 3.31. The van der Waals surface area contributed by atoms with Crippen molar-refractivity contribution in [3.63, 3.8) is 0 Å². The Balaban J connectivity index is 2.95. The van der Waals surface area contributed by atoms with Crippen molar-refractivity contribution in [1.29, 1.82) is 0 Å². The maximum Gasteiger partial charge on any atom is 0.313 e. The average molecular weight is 280 g/mol. The molecule has 1 aliphatic rings. The molecule has 3 atom stereocenters. The van der Waals surface area contributed by atoms with Crippen LogP contribution in [0.5, 0.6) is 0 Å². The van der Waals surface area contributed by atoms with E-state index in [1.165, 1.54) is 0 Å². The van der Waals surface area contributed by atoms with Gasteiger partial charge in [-0.15, -0.1) is 0 Å². The molecule has 1 rings (SSSR count). The standard InChI is InChI=1S/C17H28O3/c1-5-8-9-13(6-2)15-11-14(18)10-12(4)16(15)17(19)20-7-3/h10,13,15-16H,5-9,11H2,1-4H3/t13-,15-,16-/m0/s1. The van der Waals surface area contributed by atoms with Crippen molar-refractivity contribution in [3.05, 3.63) is 11.6 Å². The summed E-state index contributed by atoms with van der Waals surface area (Å²) in [5.41, 5.74) is 0.875. The first kappa shape index (κ1) is 16.9. The number of ketones is 1. The van der Waals surface area contributed by atoms with Crippen LogP contribution in [0, 0.1) is 17.8 Å². The van der Waals surface area contributed by atoms with Crippen LogP contribution in [0.1, 0.15) is 59.8 Å². The largest absolute Gasteiger partial charge is 0.466 e. The molecule has 0 fully saturated rings. The number of carbonyl (C=O) groups is 2. The van der Waals surface area contributed by atoms with Gasteiger partial charge in [-0.3, -0.25) is 9.59 Å². The maximum atomic E-state index is 12.2. The summed E-state index contributed by atoms with van der Waals surface area (Å²) in [5.74, 6) is 0.311. The molecule has 1 aliphatic carbocycles. The number of allylic oxidation sites excluding steroid dienone is 1. The number of ether oxygens (including phenoxy) is 1. The lowest BCUT2D eigenvalue weighted by Gasteiger charge is -2.34. The van der Waals surface area contributed by atoms with Gasteiger partial charge in [-0.05, 0) is 31.8 Å². The Hall–Kier alpha value is -1.12. The molecule has 0 amide bonds. The van der Waals surface area contributed by atoms with Crippen molar-refractivity contribution in [1.82, 2.24) is 0 Å². The first-order chi connectivity index (χ1) is 9.54. The molecule has 0 N–H and O–H groups in total. The normalized spacial score (nSPS) is 24.2. The SMILES string of the molecule is CCCC[C@H](CC)[C@@H]1CC(=O)C=C(C)[C@@H]1C(=O)OCC. The Morgan fingerprint density at radius 1 is 1.40 bits per heavy atom. The van der Waals surface area contributed by atoms with Gasteiger partial charge in [0.25, 0.3) is 0 Å². The van der Waals surface area contributed by atoms with Crippen molar-refractivity contribution >= 4 is 11.8 Å². The minimum atomic E-state index is -0.227. The zero-order valence-corrected chi connectivity index (χ0v) is 13.3. The number of rotatable bonds is 7. The zero-order chi connectivity index (χ0) is 15.1. The second kappa shape index (κ2) is 8.23. The summed E-state index contributed by atoms with van der Waals surface area (Å²) in [6.07, 6.45) is 6.53. The highest BCUT2D eigenvalue weighted by atomic mass is 16.5. The van der Waals surface area contributed by atoms with Gasteiger partial charge >= 0.3 is 5.97 Å². The smallest absolute Gasteiger partial charge is 0.313 e. The van der Waals surface area contributed by atoms with Crippen LogP contribution in [-0.2, 0) is 14.3 Å². The molecule has 0 bridgehead atoms. The van der Waals surface area contributed by atoms with Gasteiger partial charge in [0.15, 0.2) is 5.78 Å². The lowest BCUT2D eigenvalue weighted by atomic mass is 9.69. The van der Waals surface area contributed by atoms with Crippen molar-refractivity contribution in [2.24, 2.45) is 17.8 Å². The average Bonchev–Trinajstić information content (AvgIpc) is 2.39. The quantitative estimate of drug-likeness (QED) is 0.664. The molecule has 0 spiro atoms. The molecule has 114 valence electrons. The molecule has 3 nitrogen and oxygen atoms in total. The molecule has 0 radical (unpaired) electrons. The predicted octanol–water partition coefficient (Wildman–Crippen LogP) is 3.92. The molecule has 0 aromatic rings. The van der Waals surface area contributed by atoms with Gasteiger partial charge in [0.2, 0.25) is 0 Å². The van der Waals surface area contributed by atoms with Crippen LogP contribution in [0.25, 0.3) is 0 Å². The van der Waals surface area contributed by atoms with E-state index in [1.54, 1.807) is 6.08 Å². The molecule has 20 heavy (non-hydrogen) atoms. The fraction of sp³-hybridized carbons (Fsp3) is 0.765. The van der Waals surface area contributed by atoms with Crippen LogP contribution < -0.4 is 0 Å². The van der Waals surface area contributed by atoms with Crippen molar-refractivity contribution in [2.75, 3.05) is 6.61 Å². The zero-order valence-electron chi connectivity index (χ0n) is 13.3. The van der Waals surface area contributed by atoms with Gasteiger partial charge in [-0.2, -0.15) is 0 Å². The third-order valence-corrected chi connectivity index (χ3v) is 4.34. The fourth-order valence-electron chi connectivity index (χ4n) is 3.31. The van der Waals surface area contributed by atoms with E-state index in [2.05, 4.69) is 13.8 Å². The minimum Gasteiger partial charge on any atom is -0.466 e. The summed E-state index contributed by atoms with van der Waals surface area (Å²) >= 11 is 0. The molecular weight excluding hydrogens is 252 g/mol. The molecule has 0 saturated carbocycles. The summed E-state index contributed by atoms with van der Waals surface area (Å²) in [5, 5.41) is 0. The van der Waals surface area contributed by atoms with E-state index in [9.17, 15) is 9.59 Å². The van der Waals surface area contributed by atoms with E-state index in [1.807, 2.05) is 13.8 Å². The second-order valence-corrected chi connectivity index (χ2v) is 5.76. The first-order valence-electron chi connectivity index (χ1n) is 7.92. The van der Waals surface area contributed by atoms with Crippen LogP contribution in [0.15, 0.2) is 11.6 Å². The molecular formula is C17H28O3. The topological polar surface area (TPSA) is 43.4 Å². The van der Waals surface area contributed by atoms with E-state index in [0.29, 0.717) is 18.9 Å². The Morgan fingerprint density at radius 3 is 2.65 bits per heavy atom. The Kier molecular flexibility index (Phi) is 6.97. The minimum absolute atomic E-state index is 0.114. The van der Waals surface area contributed by atoms with Crippen LogP contribution in [-0.4, -0.2) is 18.4 Å². The second-order valence-electron chi connectivity index (χ2n) is 5.76. The van der Waals surface area contributed by atoms with Crippen LogP contribution in [0.4, 0.5) is 0 Å². The highest BCUT2D eigenvalue weighted by molar-refractivity contribution is 5.94. The van der Waals surface area contributed by atoms with Gasteiger partial charge in [0.05, 0.1) is 12.5 Å².